The molecule has 0 aliphatic carbocycles. The average Bonchev–Trinajstić information content (AvgIpc) is 2.56. The van der Waals surface area contributed by atoms with Gasteiger partial charge in [-0.15, -0.1) is 0 Å². The van der Waals surface area contributed by atoms with Gasteiger partial charge in [0.1, 0.15) is 5.82 Å². The SMILES string of the molecule is Cc1nc(CN(C)C(=O)c2ccc(Cl)c(I)c2)nc2ccccc12. The molecule has 1 heterocycles. The van der Waals surface area contributed by atoms with E-state index in [0.717, 1.165) is 20.2 Å². The fourth-order valence-corrected chi connectivity index (χ4v) is 3.13. The van der Waals surface area contributed by atoms with E-state index >= 15 is 0 Å². The number of carbonyl (C=O) groups is 1. The van der Waals surface area contributed by atoms with Gasteiger partial charge in [-0.25, -0.2) is 9.97 Å². The van der Waals surface area contributed by atoms with E-state index in [1.807, 2.05) is 31.2 Å². The van der Waals surface area contributed by atoms with Crippen LogP contribution in [0.3, 0.4) is 0 Å². The van der Waals surface area contributed by atoms with Gasteiger partial charge in [0.05, 0.1) is 17.1 Å². The van der Waals surface area contributed by atoms with Gasteiger partial charge in [-0.3, -0.25) is 4.79 Å². The van der Waals surface area contributed by atoms with Gasteiger partial charge in [-0.2, -0.15) is 0 Å². The van der Waals surface area contributed by atoms with E-state index in [9.17, 15) is 4.79 Å². The number of amides is 1. The molecular weight excluding hydrogens is 437 g/mol. The van der Waals surface area contributed by atoms with Crippen LogP contribution in [0.25, 0.3) is 10.9 Å². The summed E-state index contributed by atoms with van der Waals surface area (Å²) in [5, 5.41) is 1.67. The summed E-state index contributed by atoms with van der Waals surface area (Å²) in [6.07, 6.45) is 0. The first-order chi connectivity index (χ1) is 11.5. The van der Waals surface area contributed by atoms with Crippen molar-refractivity contribution in [2.24, 2.45) is 0 Å². The van der Waals surface area contributed by atoms with Crippen LogP contribution in [0.4, 0.5) is 0 Å². The summed E-state index contributed by atoms with van der Waals surface area (Å²) in [7, 11) is 1.75. The molecule has 122 valence electrons. The van der Waals surface area contributed by atoms with Crippen molar-refractivity contribution in [3.05, 3.63) is 68.1 Å². The lowest BCUT2D eigenvalue weighted by Gasteiger charge is -2.17. The third kappa shape index (κ3) is 3.52. The monoisotopic (exact) mass is 451 g/mol. The van der Waals surface area contributed by atoms with Gasteiger partial charge in [0.25, 0.3) is 5.91 Å². The fourth-order valence-electron chi connectivity index (χ4n) is 2.50. The normalized spacial score (nSPS) is 10.8. The van der Waals surface area contributed by atoms with Crippen LogP contribution in [0.15, 0.2) is 42.5 Å². The Kier molecular flexibility index (Phi) is 5.01. The first-order valence-corrected chi connectivity index (χ1v) is 8.84. The maximum absolute atomic E-state index is 12.6. The van der Waals surface area contributed by atoms with E-state index in [-0.39, 0.29) is 5.91 Å². The Morgan fingerprint density at radius 3 is 2.71 bits per heavy atom. The highest BCUT2D eigenvalue weighted by Crippen LogP contribution is 2.21. The van der Waals surface area contributed by atoms with Gasteiger partial charge in [0.15, 0.2) is 0 Å². The van der Waals surface area contributed by atoms with Crippen molar-refractivity contribution >= 4 is 51.0 Å². The molecule has 1 aromatic heterocycles. The van der Waals surface area contributed by atoms with Crippen molar-refractivity contribution in [3.63, 3.8) is 0 Å². The van der Waals surface area contributed by atoms with Crippen LogP contribution in [0.2, 0.25) is 5.02 Å². The average molecular weight is 452 g/mol. The maximum Gasteiger partial charge on any atom is 0.254 e. The summed E-state index contributed by atoms with van der Waals surface area (Å²) in [5.41, 5.74) is 2.41. The van der Waals surface area contributed by atoms with E-state index in [1.54, 1.807) is 30.1 Å². The van der Waals surface area contributed by atoms with Crippen molar-refractivity contribution in [1.29, 1.82) is 0 Å². The lowest BCUT2D eigenvalue weighted by Crippen LogP contribution is -2.27. The highest BCUT2D eigenvalue weighted by Gasteiger charge is 2.15. The van der Waals surface area contributed by atoms with Gasteiger partial charge < -0.3 is 4.90 Å². The number of para-hydroxylation sites is 1. The predicted octanol–water partition coefficient (Wildman–Crippen LogP) is 4.47. The Bertz CT molecular complexity index is 929. The first-order valence-electron chi connectivity index (χ1n) is 7.38. The minimum absolute atomic E-state index is 0.0843. The molecule has 0 fully saturated rings. The minimum Gasteiger partial charge on any atom is -0.334 e. The van der Waals surface area contributed by atoms with Gasteiger partial charge in [0.2, 0.25) is 0 Å². The summed E-state index contributed by atoms with van der Waals surface area (Å²) >= 11 is 8.13. The zero-order chi connectivity index (χ0) is 17.3. The molecule has 0 unspecified atom stereocenters. The topological polar surface area (TPSA) is 46.1 Å². The molecule has 0 aliphatic rings. The number of fused-ring (bicyclic) bond motifs is 1. The summed E-state index contributed by atoms with van der Waals surface area (Å²) < 4.78 is 0.853. The van der Waals surface area contributed by atoms with Crippen molar-refractivity contribution in [2.75, 3.05) is 7.05 Å². The summed E-state index contributed by atoms with van der Waals surface area (Å²) in [6, 6.07) is 13.1. The number of nitrogens with zero attached hydrogens (tertiary/aromatic N) is 3. The van der Waals surface area contributed by atoms with Gasteiger partial charge in [-0.05, 0) is 53.8 Å². The van der Waals surface area contributed by atoms with Crippen LogP contribution in [-0.2, 0) is 6.54 Å². The lowest BCUT2D eigenvalue weighted by atomic mass is 10.2. The van der Waals surface area contributed by atoms with Gasteiger partial charge in [-0.1, -0.05) is 29.8 Å². The van der Waals surface area contributed by atoms with Crippen molar-refractivity contribution in [2.45, 2.75) is 13.5 Å². The summed E-state index contributed by atoms with van der Waals surface area (Å²) in [6.45, 7) is 2.31. The second-order valence-corrected chi connectivity index (χ2v) is 7.10. The van der Waals surface area contributed by atoms with Crippen LogP contribution in [0.5, 0.6) is 0 Å². The Hall–Kier alpha value is -1.73. The number of hydrogen-bond donors (Lipinski definition) is 0. The van der Waals surface area contributed by atoms with Crippen molar-refractivity contribution in [1.82, 2.24) is 14.9 Å². The molecule has 0 aliphatic heterocycles. The molecule has 4 nitrogen and oxygen atoms in total. The molecule has 0 N–H and O–H groups in total. The Morgan fingerprint density at radius 1 is 1.21 bits per heavy atom. The fraction of sp³-hybridized carbons (Fsp3) is 0.167. The lowest BCUT2D eigenvalue weighted by molar-refractivity contribution is 0.0781. The third-order valence-corrected chi connectivity index (χ3v) is 5.27. The van der Waals surface area contributed by atoms with Crippen molar-refractivity contribution in [3.8, 4) is 0 Å². The zero-order valence-corrected chi connectivity index (χ0v) is 16.2. The molecule has 2 aromatic carbocycles. The quantitative estimate of drug-likeness (QED) is 0.552. The largest absolute Gasteiger partial charge is 0.334 e. The molecule has 0 bridgehead atoms. The smallest absolute Gasteiger partial charge is 0.254 e. The molecule has 1 amide bonds. The standard InChI is InChI=1S/C18H15ClIN3O/c1-11-13-5-3-4-6-16(13)22-17(21-11)10-23(2)18(24)12-7-8-14(19)15(20)9-12/h3-9H,10H2,1-2H3. The van der Waals surface area contributed by atoms with Crippen LogP contribution >= 0.6 is 34.2 Å². The van der Waals surface area contributed by atoms with Gasteiger partial charge >= 0.3 is 0 Å². The van der Waals surface area contributed by atoms with Crippen molar-refractivity contribution < 1.29 is 4.79 Å². The molecular formula is C18H15ClIN3O. The molecule has 0 radical (unpaired) electrons. The Balaban J connectivity index is 1.85. The second-order valence-electron chi connectivity index (χ2n) is 5.53. The predicted molar refractivity (Wildman–Crippen MR) is 104 cm³/mol. The highest BCUT2D eigenvalue weighted by molar-refractivity contribution is 14.1. The van der Waals surface area contributed by atoms with Gasteiger partial charge in [0, 0.05) is 27.3 Å². The Labute approximate surface area is 159 Å². The van der Waals surface area contributed by atoms with Crippen LogP contribution < -0.4 is 0 Å². The first kappa shape index (κ1) is 17.1. The Morgan fingerprint density at radius 2 is 1.96 bits per heavy atom. The summed E-state index contributed by atoms with van der Waals surface area (Å²) in [4.78, 5) is 23.3. The number of aryl methyl sites for hydroxylation is 1. The minimum atomic E-state index is -0.0843. The molecule has 0 atom stereocenters. The molecule has 24 heavy (non-hydrogen) atoms. The van der Waals surface area contributed by atoms with E-state index in [1.165, 1.54) is 0 Å². The third-order valence-electron chi connectivity index (χ3n) is 3.73. The van der Waals surface area contributed by atoms with Crippen LogP contribution in [-0.4, -0.2) is 27.8 Å². The summed E-state index contributed by atoms with van der Waals surface area (Å²) in [5.74, 6) is 0.546. The molecule has 3 aromatic rings. The second kappa shape index (κ2) is 7.03. The number of benzene rings is 2. The number of aromatic nitrogens is 2. The highest BCUT2D eigenvalue weighted by atomic mass is 127. The van der Waals surface area contributed by atoms with E-state index in [4.69, 9.17) is 11.6 Å². The number of halogens is 2. The number of rotatable bonds is 3. The number of carbonyl (C=O) groups excluding carboxylic acids is 1. The molecule has 6 heteroatoms. The maximum atomic E-state index is 12.6. The molecule has 0 saturated carbocycles. The molecule has 0 saturated heterocycles. The van der Waals surface area contributed by atoms with E-state index in [2.05, 4.69) is 32.6 Å². The zero-order valence-electron chi connectivity index (χ0n) is 13.3. The number of hydrogen-bond acceptors (Lipinski definition) is 3. The van der Waals surface area contributed by atoms with E-state index in [0.29, 0.717) is 23.0 Å². The van der Waals surface area contributed by atoms with Crippen LogP contribution in [0.1, 0.15) is 21.9 Å². The van der Waals surface area contributed by atoms with E-state index < -0.39 is 0 Å². The molecule has 0 spiro atoms. The van der Waals surface area contributed by atoms with Crippen LogP contribution in [0, 0.1) is 10.5 Å². The molecule has 3 rings (SSSR count).